The Labute approximate surface area is 120 Å². The van der Waals surface area contributed by atoms with Gasteiger partial charge < -0.3 is 10.1 Å². The fourth-order valence-corrected chi connectivity index (χ4v) is 2.63. The second-order valence-electron chi connectivity index (χ2n) is 5.49. The SMILES string of the molecule is Cc1ccc(CNC2c3ccccc3OCC2C)cn1. The summed E-state index contributed by atoms with van der Waals surface area (Å²) in [7, 11) is 0. The van der Waals surface area contributed by atoms with Crippen LogP contribution >= 0.6 is 0 Å². The van der Waals surface area contributed by atoms with Crippen LogP contribution in [0.3, 0.4) is 0 Å². The molecule has 1 aliphatic rings. The summed E-state index contributed by atoms with van der Waals surface area (Å²) < 4.78 is 5.78. The molecule has 3 heteroatoms. The minimum atomic E-state index is 0.334. The third-order valence-electron chi connectivity index (χ3n) is 3.82. The van der Waals surface area contributed by atoms with Crippen molar-refractivity contribution in [1.29, 1.82) is 0 Å². The molecule has 20 heavy (non-hydrogen) atoms. The van der Waals surface area contributed by atoms with Crippen LogP contribution in [0, 0.1) is 12.8 Å². The molecule has 0 saturated carbocycles. The first-order valence-corrected chi connectivity index (χ1v) is 7.10. The van der Waals surface area contributed by atoms with Gasteiger partial charge in [-0.1, -0.05) is 31.2 Å². The first-order valence-electron chi connectivity index (χ1n) is 7.10. The van der Waals surface area contributed by atoms with Crippen molar-refractivity contribution in [3.63, 3.8) is 0 Å². The Hall–Kier alpha value is -1.87. The van der Waals surface area contributed by atoms with Gasteiger partial charge in [-0.3, -0.25) is 4.98 Å². The number of para-hydroxylation sites is 1. The van der Waals surface area contributed by atoms with E-state index in [1.165, 1.54) is 11.1 Å². The van der Waals surface area contributed by atoms with Crippen molar-refractivity contribution >= 4 is 0 Å². The van der Waals surface area contributed by atoms with Crippen LogP contribution < -0.4 is 10.1 Å². The molecule has 0 spiro atoms. The van der Waals surface area contributed by atoms with E-state index in [9.17, 15) is 0 Å². The maximum atomic E-state index is 5.78. The van der Waals surface area contributed by atoms with Crippen molar-refractivity contribution in [2.24, 2.45) is 5.92 Å². The van der Waals surface area contributed by atoms with Crippen LogP contribution in [-0.2, 0) is 6.54 Å². The zero-order valence-corrected chi connectivity index (χ0v) is 12.0. The Morgan fingerprint density at radius 2 is 2.10 bits per heavy atom. The number of pyridine rings is 1. The van der Waals surface area contributed by atoms with Gasteiger partial charge in [0.05, 0.1) is 6.61 Å². The maximum absolute atomic E-state index is 5.78. The van der Waals surface area contributed by atoms with Crippen molar-refractivity contribution in [2.45, 2.75) is 26.4 Å². The predicted molar refractivity (Wildman–Crippen MR) is 79.7 cm³/mol. The average molecular weight is 268 g/mol. The number of aromatic nitrogens is 1. The molecule has 104 valence electrons. The van der Waals surface area contributed by atoms with Crippen LogP contribution in [0.25, 0.3) is 0 Å². The predicted octanol–water partition coefficient (Wildman–Crippen LogP) is 3.25. The molecule has 2 atom stereocenters. The number of ether oxygens (including phenoxy) is 1. The molecule has 0 bridgehead atoms. The summed E-state index contributed by atoms with van der Waals surface area (Å²) in [6.07, 6.45) is 1.94. The lowest BCUT2D eigenvalue weighted by Crippen LogP contribution is -2.33. The highest BCUT2D eigenvalue weighted by atomic mass is 16.5. The second-order valence-corrected chi connectivity index (χ2v) is 5.49. The first kappa shape index (κ1) is 13.1. The molecule has 1 aromatic heterocycles. The number of hydrogen-bond acceptors (Lipinski definition) is 3. The third kappa shape index (κ3) is 2.68. The molecule has 0 fully saturated rings. The van der Waals surface area contributed by atoms with E-state index in [0.717, 1.165) is 24.6 Å². The normalized spacial score (nSPS) is 21.1. The smallest absolute Gasteiger partial charge is 0.124 e. The number of nitrogens with one attached hydrogen (secondary N) is 1. The Kier molecular flexibility index (Phi) is 3.70. The number of benzene rings is 1. The van der Waals surface area contributed by atoms with Gasteiger partial charge in [-0.2, -0.15) is 0 Å². The van der Waals surface area contributed by atoms with Gasteiger partial charge >= 0.3 is 0 Å². The topological polar surface area (TPSA) is 34.1 Å². The molecule has 2 aromatic rings. The number of nitrogens with zero attached hydrogens (tertiary/aromatic N) is 1. The van der Waals surface area contributed by atoms with Crippen LogP contribution in [0.4, 0.5) is 0 Å². The van der Waals surface area contributed by atoms with Gasteiger partial charge in [-0.15, -0.1) is 0 Å². The lowest BCUT2D eigenvalue weighted by molar-refractivity contribution is 0.188. The van der Waals surface area contributed by atoms with Gasteiger partial charge in [0.1, 0.15) is 5.75 Å². The number of fused-ring (bicyclic) bond motifs is 1. The Morgan fingerprint density at radius 3 is 2.90 bits per heavy atom. The van der Waals surface area contributed by atoms with Gasteiger partial charge in [0.25, 0.3) is 0 Å². The molecule has 1 aliphatic heterocycles. The monoisotopic (exact) mass is 268 g/mol. The van der Waals surface area contributed by atoms with Crippen molar-refractivity contribution in [1.82, 2.24) is 10.3 Å². The summed E-state index contributed by atoms with van der Waals surface area (Å²) >= 11 is 0. The van der Waals surface area contributed by atoms with E-state index in [1.54, 1.807) is 0 Å². The lowest BCUT2D eigenvalue weighted by atomic mass is 9.92. The maximum Gasteiger partial charge on any atom is 0.124 e. The molecule has 0 aliphatic carbocycles. The summed E-state index contributed by atoms with van der Waals surface area (Å²) in [6, 6.07) is 12.8. The van der Waals surface area contributed by atoms with Crippen molar-refractivity contribution in [3.8, 4) is 5.75 Å². The van der Waals surface area contributed by atoms with E-state index in [0.29, 0.717) is 12.0 Å². The zero-order chi connectivity index (χ0) is 13.9. The van der Waals surface area contributed by atoms with E-state index in [4.69, 9.17) is 4.74 Å². The summed E-state index contributed by atoms with van der Waals surface area (Å²) in [5, 5.41) is 3.64. The van der Waals surface area contributed by atoms with Crippen molar-refractivity contribution < 1.29 is 4.74 Å². The summed E-state index contributed by atoms with van der Waals surface area (Å²) in [6.45, 7) is 5.83. The molecule has 3 rings (SSSR count). The van der Waals surface area contributed by atoms with Crippen LogP contribution in [-0.4, -0.2) is 11.6 Å². The number of hydrogen-bond donors (Lipinski definition) is 1. The Morgan fingerprint density at radius 1 is 1.25 bits per heavy atom. The second kappa shape index (κ2) is 5.63. The third-order valence-corrected chi connectivity index (χ3v) is 3.82. The summed E-state index contributed by atoms with van der Waals surface area (Å²) in [5.74, 6) is 1.47. The molecule has 1 aromatic carbocycles. The molecule has 2 unspecified atom stereocenters. The largest absolute Gasteiger partial charge is 0.493 e. The summed E-state index contributed by atoms with van der Waals surface area (Å²) in [5.41, 5.74) is 3.52. The van der Waals surface area contributed by atoms with E-state index >= 15 is 0 Å². The fourth-order valence-electron chi connectivity index (χ4n) is 2.63. The molecule has 2 heterocycles. The van der Waals surface area contributed by atoms with Gasteiger partial charge in [0, 0.05) is 36.0 Å². The molecular weight excluding hydrogens is 248 g/mol. The number of aryl methyl sites for hydroxylation is 1. The molecule has 0 radical (unpaired) electrons. The van der Waals surface area contributed by atoms with E-state index in [1.807, 2.05) is 25.3 Å². The summed E-state index contributed by atoms with van der Waals surface area (Å²) in [4.78, 5) is 4.34. The Balaban J connectivity index is 1.75. The zero-order valence-electron chi connectivity index (χ0n) is 12.0. The lowest BCUT2D eigenvalue weighted by Gasteiger charge is -2.32. The highest BCUT2D eigenvalue weighted by Crippen LogP contribution is 2.35. The molecule has 0 saturated heterocycles. The fraction of sp³-hybridized carbons (Fsp3) is 0.353. The number of rotatable bonds is 3. The van der Waals surface area contributed by atoms with E-state index in [2.05, 4.69) is 41.5 Å². The van der Waals surface area contributed by atoms with Gasteiger partial charge in [-0.05, 0) is 24.6 Å². The van der Waals surface area contributed by atoms with Crippen LogP contribution in [0.15, 0.2) is 42.6 Å². The van der Waals surface area contributed by atoms with Crippen LogP contribution in [0.5, 0.6) is 5.75 Å². The van der Waals surface area contributed by atoms with E-state index < -0.39 is 0 Å². The highest BCUT2D eigenvalue weighted by molar-refractivity contribution is 5.38. The van der Waals surface area contributed by atoms with Crippen molar-refractivity contribution in [3.05, 3.63) is 59.4 Å². The average Bonchev–Trinajstić information content (AvgIpc) is 2.48. The molecule has 1 N–H and O–H groups in total. The van der Waals surface area contributed by atoms with Gasteiger partial charge in [-0.25, -0.2) is 0 Å². The van der Waals surface area contributed by atoms with Crippen molar-refractivity contribution in [2.75, 3.05) is 6.61 Å². The Bertz CT molecular complexity index is 580. The molecule has 0 amide bonds. The minimum Gasteiger partial charge on any atom is -0.493 e. The minimum absolute atomic E-state index is 0.334. The highest BCUT2D eigenvalue weighted by Gasteiger charge is 2.26. The quantitative estimate of drug-likeness (QED) is 0.928. The van der Waals surface area contributed by atoms with Gasteiger partial charge in [0.2, 0.25) is 0 Å². The first-order chi connectivity index (χ1) is 9.74. The van der Waals surface area contributed by atoms with Crippen LogP contribution in [0.1, 0.15) is 29.8 Å². The molecular formula is C17H20N2O. The van der Waals surface area contributed by atoms with E-state index in [-0.39, 0.29) is 0 Å². The van der Waals surface area contributed by atoms with Crippen LogP contribution in [0.2, 0.25) is 0 Å². The standard InChI is InChI=1S/C17H20N2O/c1-12-11-20-16-6-4-3-5-15(16)17(12)19-10-14-8-7-13(2)18-9-14/h3-9,12,17,19H,10-11H2,1-2H3. The molecule has 3 nitrogen and oxygen atoms in total. The van der Waals surface area contributed by atoms with Gasteiger partial charge in [0.15, 0.2) is 0 Å².